The molecule has 0 amide bonds. The van der Waals surface area contributed by atoms with Crippen LogP contribution in [0, 0.1) is 26.9 Å². The summed E-state index contributed by atoms with van der Waals surface area (Å²) in [5.74, 6) is -0.321. The molecule has 1 aliphatic carbocycles. The number of benzene rings is 1. The van der Waals surface area contributed by atoms with Crippen LogP contribution in [0.1, 0.15) is 24.8 Å². The van der Waals surface area contributed by atoms with Gasteiger partial charge in [-0.25, -0.2) is 0 Å². The molecule has 0 atom stereocenters. The summed E-state index contributed by atoms with van der Waals surface area (Å²) in [6.45, 7) is 0. The first kappa shape index (κ1) is 14.3. The SMILES string of the molecule is N#Cc1cccc(SCC2(CC(=O)O)CC2)c1[N+](=O)[O-]. The van der Waals surface area contributed by atoms with Crippen molar-refractivity contribution >= 4 is 23.4 Å². The van der Waals surface area contributed by atoms with Crippen molar-refractivity contribution in [2.24, 2.45) is 5.41 Å². The lowest BCUT2D eigenvalue weighted by molar-refractivity contribution is -0.388. The van der Waals surface area contributed by atoms with Gasteiger partial charge in [-0.3, -0.25) is 14.9 Å². The number of hydrogen-bond acceptors (Lipinski definition) is 5. The van der Waals surface area contributed by atoms with Crippen LogP contribution < -0.4 is 0 Å². The standard InChI is InChI=1S/C13H12N2O4S/c14-7-9-2-1-3-10(12(9)15(18)19)20-8-13(4-5-13)6-11(16)17/h1-3H,4-6,8H2,(H,16,17). The average Bonchev–Trinajstić information content (AvgIpc) is 3.14. The zero-order chi connectivity index (χ0) is 14.8. The summed E-state index contributed by atoms with van der Waals surface area (Å²) in [6, 6.07) is 6.42. The molecule has 0 aromatic heterocycles. The number of carboxylic acids is 1. The quantitative estimate of drug-likeness (QED) is 0.491. The molecule has 1 aliphatic rings. The molecule has 1 aromatic carbocycles. The Labute approximate surface area is 119 Å². The summed E-state index contributed by atoms with van der Waals surface area (Å²) < 4.78 is 0. The number of nitrogens with zero attached hydrogens (tertiary/aromatic N) is 2. The van der Waals surface area contributed by atoms with Crippen LogP contribution in [-0.4, -0.2) is 21.8 Å². The first-order valence-electron chi connectivity index (χ1n) is 5.99. The van der Waals surface area contributed by atoms with Gasteiger partial charge >= 0.3 is 11.7 Å². The van der Waals surface area contributed by atoms with E-state index in [4.69, 9.17) is 10.4 Å². The van der Waals surface area contributed by atoms with Crippen LogP contribution in [0.15, 0.2) is 23.1 Å². The van der Waals surface area contributed by atoms with Gasteiger partial charge in [0.2, 0.25) is 0 Å². The van der Waals surface area contributed by atoms with Crippen molar-refractivity contribution < 1.29 is 14.8 Å². The second kappa shape index (κ2) is 5.51. The second-order valence-corrected chi connectivity index (χ2v) is 5.90. The molecule has 6 nitrogen and oxygen atoms in total. The fourth-order valence-corrected chi connectivity index (χ4v) is 3.37. The Morgan fingerprint density at radius 2 is 2.25 bits per heavy atom. The van der Waals surface area contributed by atoms with Gasteiger partial charge in [0.05, 0.1) is 16.2 Å². The summed E-state index contributed by atoms with van der Waals surface area (Å²) in [5, 5.41) is 28.8. The van der Waals surface area contributed by atoms with Crippen LogP contribution in [0.3, 0.4) is 0 Å². The van der Waals surface area contributed by atoms with Crippen LogP contribution >= 0.6 is 11.8 Å². The van der Waals surface area contributed by atoms with E-state index >= 15 is 0 Å². The molecular weight excluding hydrogens is 280 g/mol. The average molecular weight is 292 g/mol. The van der Waals surface area contributed by atoms with Crippen molar-refractivity contribution in [3.8, 4) is 6.07 Å². The van der Waals surface area contributed by atoms with Gasteiger partial charge in [0.25, 0.3) is 0 Å². The van der Waals surface area contributed by atoms with Gasteiger partial charge in [-0.05, 0) is 30.4 Å². The van der Waals surface area contributed by atoms with Gasteiger partial charge in [-0.2, -0.15) is 5.26 Å². The Kier molecular flexibility index (Phi) is 3.95. The summed E-state index contributed by atoms with van der Waals surface area (Å²) in [4.78, 5) is 21.7. The van der Waals surface area contributed by atoms with E-state index in [9.17, 15) is 14.9 Å². The molecule has 0 aliphatic heterocycles. The number of aliphatic carboxylic acids is 1. The number of carbonyl (C=O) groups is 1. The molecule has 1 N–H and O–H groups in total. The Morgan fingerprint density at radius 1 is 1.55 bits per heavy atom. The summed E-state index contributed by atoms with van der Waals surface area (Å²) in [5.41, 5.74) is -0.401. The highest BCUT2D eigenvalue weighted by molar-refractivity contribution is 7.99. The predicted molar refractivity (Wildman–Crippen MR) is 72.5 cm³/mol. The van der Waals surface area contributed by atoms with Crippen molar-refractivity contribution in [1.82, 2.24) is 0 Å². The van der Waals surface area contributed by atoms with Crippen LogP contribution in [0.4, 0.5) is 5.69 Å². The number of nitriles is 1. The van der Waals surface area contributed by atoms with Crippen LogP contribution in [0.25, 0.3) is 0 Å². The van der Waals surface area contributed by atoms with Gasteiger partial charge < -0.3 is 5.11 Å². The highest BCUT2D eigenvalue weighted by Gasteiger charge is 2.44. The van der Waals surface area contributed by atoms with E-state index in [0.29, 0.717) is 10.6 Å². The maximum absolute atomic E-state index is 11.1. The fraction of sp³-hybridized carbons (Fsp3) is 0.385. The molecule has 1 fully saturated rings. The van der Waals surface area contributed by atoms with Crippen LogP contribution in [0.5, 0.6) is 0 Å². The monoisotopic (exact) mass is 292 g/mol. The van der Waals surface area contributed by atoms with Crippen LogP contribution in [0.2, 0.25) is 0 Å². The molecule has 0 spiro atoms. The Balaban J connectivity index is 2.16. The minimum atomic E-state index is -0.844. The van der Waals surface area contributed by atoms with E-state index in [1.165, 1.54) is 17.8 Å². The largest absolute Gasteiger partial charge is 0.481 e. The number of hydrogen-bond donors (Lipinski definition) is 1. The molecule has 0 unspecified atom stereocenters. The second-order valence-electron chi connectivity index (χ2n) is 4.88. The molecule has 1 saturated carbocycles. The van der Waals surface area contributed by atoms with Gasteiger partial charge in [0.1, 0.15) is 11.6 Å². The summed E-state index contributed by atoms with van der Waals surface area (Å²) in [7, 11) is 0. The molecule has 2 rings (SSSR count). The minimum absolute atomic E-state index is 0.0306. The van der Waals surface area contributed by atoms with Crippen molar-refractivity contribution in [2.75, 3.05) is 5.75 Å². The lowest BCUT2D eigenvalue weighted by Gasteiger charge is -2.11. The third kappa shape index (κ3) is 3.08. The van der Waals surface area contributed by atoms with Crippen molar-refractivity contribution in [3.05, 3.63) is 33.9 Å². The molecule has 104 valence electrons. The van der Waals surface area contributed by atoms with E-state index in [1.54, 1.807) is 12.1 Å². The topological polar surface area (TPSA) is 104 Å². The Hall–Kier alpha value is -2.07. The number of carboxylic acid groups (broad SMARTS) is 1. The molecule has 0 radical (unpaired) electrons. The third-order valence-electron chi connectivity index (χ3n) is 3.32. The highest BCUT2D eigenvalue weighted by atomic mass is 32.2. The lowest BCUT2D eigenvalue weighted by atomic mass is 10.1. The molecular formula is C13H12N2O4S. The van der Waals surface area contributed by atoms with E-state index in [1.807, 2.05) is 6.07 Å². The van der Waals surface area contributed by atoms with Gasteiger partial charge in [-0.15, -0.1) is 11.8 Å². The maximum atomic E-state index is 11.1. The molecule has 0 heterocycles. The number of nitro groups is 1. The zero-order valence-electron chi connectivity index (χ0n) is 10.5. The number of para-hydroxylation sites is 1. The minimum Gasteiger partial charge on any atom is -0.481 e. The van der Waals surface area contributed by atoms with Crippen LogP contribution in [-0.2, 0) is 4.79 Å². The smallest absolute Gasteiger partial charge is 0.303 e. The Morgan fingerprint density at radius 3 is 2.75 bits per heavy atom. The van der Waals surface area contributed by atoms with E-state index in [-0.39, 0.29) is 23.1 Å². The molecule has 1 aromatic rings. The number of thioether (sulfide) groups is 1. The molecule has 0 saturated heterocycles. The predicted octanol–water partition coefficient (Wildman–Crippen LogP) is 2.81. The van der Waals surface area contributed by atoms with E-state index in [2.05, 4.69) is 0 Å². The zero-order valence-corrected chi connectivity index (χ0v) is 11.4. The first-order chi connectivity index (χ1) is 9.47. The van der Waals surface area contributed by atoms with Crippen molar-refractivity contribution in [3.63, 3.8) is 0 Å². The highest BCUT2D eigenvalue weighted by Crippen LogP contribution is 2.52. The maximum Gasteiger partial charge on any atom is 0.303 e. The lowest BCUT2D eigenvalue weighted by Crippen LogP contribution is -2.11. The Bertz CT molecular complexity index is 605. The molecule has 20 heavy (non-hydrogen) atoms. The van der Waals surface area contributed by atoms with Crippen molar-refractivity contribution in [2.45, 2.75) is 24.2 Å². The number of rotatable bonds is 6. The fourth-order valence-electron chi connectivity index (χ4n) is 2.02. The molecule has 7 heteroatoms. The van der Waals surface area contributed by atoms with E-state index < -0.39 is 10.9 Å². The summed E-state index contributed by atoms with van der Waals surface area (Å²) >= 11 is 1.26. The van der Waals surface area contributed by atoms with Crippen molar-refractivity contribution in [1.29, 1.82) is 5.26 Å². The number of nitro benzene ring substituents is 1. The third-order valence-corrected chi connectivity index (χ3v) is 4.72. The van der Waals surface area contributed by atoms with Gasteiger partial charge in [0.15, 0.2) is 0 Å². The molecule has 0 bridgehead atoms. The van der Waals surface area contributed by atoms with Gasteiger partial charge in [-0.1, -0.05) is 6.07 Å². The summed E-state index contributed by atoms with van der Waals surface area (Å²) in [6.07, 6.45) is 1.75. The van der Waals surface area contributed by atoms with E-state index in [0.717, 1.165) is 12.8 Å². The first-order valence-corrected chi connectivity index (χ1v) is 6.98. The normalized spacial score (nSPS) is 15.3. The van der Waals surface area contributed by atoms with Gasteiger partial charge in [0, 0.05) is 5.75 Å².